The van der Waals surface area contributed by atoms with Crippen molar-refractivity contribution in [2.24, 2.45) is 0 Å². The second-order valence-electron chi connectivity index (χ2n) is 6.71. The number of hydrogen-bond donors (Lipinski definition) is 1. The molecule has 0 amide bonds. The van der Waals surface area contributed by atoms with Gasteiger partial charge in [0.05, 0.1) is 0 Å². The Morgan fingerprint density at radius 1 is 0.962 bits per heavy atom. The van der Waals surface area contributed by atoms with Crippen LogP contribution in [0.1, 0.15) is 45.8 Å². The van der Waals surface area contributed by atoms with Gasteiger partial charge < -0.3 is 5.11 Å². The first-order valence-electron chi connectivity index (χ1n) is 9.00. The third kappa shape index (κ3) is 3.58. The summed E-state index contributed by atoms with van der Waals surface area (Å²) in [6.07, 6.45) is 1.97. The number of aryl methyl sites for hydroxylation is 4. The van der Waals surface area contributed by atoms with E-state index >= 15 is 0 Å². The molecule has 0 aliphatic carbocycles. The molecule has 0 bridgehead atoms. The lowest BCUT2D eigenvalue weighted by molar-refractivity contribution is 0.0702. The first-order valence-corrected chi connectivity index (χ1v) is 9.82. The molecule has 0 unspecified atom stereocenters. The number of carboxylic acids is 1. The summed E-state index contributed by atoms with van der Waals surface area (Å²) in [6.45, 7) is 8.66. The van der Waals surface area contributed by atoms with E-state index in [1.54, 1.807) is 6.07 Å². The van der Waals surface area contributed by atoms with Gasteiger partial charge in [-0.1, -0.05) is 37.6 Å². The first kappa shape index (κ1) is 18.4. The zero-order valence-corrected chi connectivity index (χ0v) is 16.5. The number of thiophene rings is 1. The van der Waals surface area contributed by atoms with Gasteiger partial charge in [0.25, 0.3) is 0 Å². The van der Waals surface area contributed by atoms with Crippen LogP contribution in [0.25, 0.3) is 21.6 Å². The van der Waals surface area contributed by atoms with E-state index in [1.807, 2.05) is 6.07 Å². The van der Waals surface area contributed by atoms with E-state index in [9.17, 15) is 9.90 Å². The lowest BCUT2D eigenvalue weighted by Gasteiger charge is -2.16. The van der Waals surface area contributed by atoms with Gasteiger partial charge in [0, 0.05) is 4.88 Å². The zero-order valence-electron chi connectivity index (χ0n) is 15.7. The highest BCUT2D eigenvalue weighted by Crippen LogP contribution is 2.36. The summed E-state index contributed by atoms with van der Waals surface area (Å²) < 4.78 is 0. The van der Waals surface area contributed by atoms with Crippen LogP contribution < -0.4 is 0 Å². The van der Waals surface area contributed by atoms with Crippen LogP contribution in [-0.2, 0) is 12.8 Å². The van der Waals surface area contributed by atoms with Crippen molar-refractivity contribution >= 4 is 17.3 Å². The van der Waals surface area contributed by atoms with Crippen LogP contribution >= 0.6 is 11.3 Å². The highest BCUT2D eigenvalue weighted by atomic mass is 32.1. The van der Waals surface area contributed by atoms with Crippen molar-refractivity contribution in [2.75, 3.05) is 0 Å². The Morgan fingerprint density at radius 3 is 2.35 bits per heavy atom. The Bertz CT molecular complexity index is 966. The fourth-order valence-corrected chi connectivity index (χ4v) is 4.35. The van der Waals surface area contributed by atoms with Gasteiger partial charge in [-0.3, -0.25) is 0 Å². The monoisotopic (exact) mass is 364 g/mol. The average molecular weight is 365 g/mol. The highest BCUT2D eigenvalue weighted by Gasteiger charge is 2.14. The number of benzene rings is 2. The Morgan fingerprint density at radius 2 is 1.73 bits per heavy atom. The number of carboxylic acid groups (broad SMARTS) is 1. The van der Waals surface area contributed by atoms with Crippen LogP contribution in [-0.4, -0.2) is 11.1 Å². The second kappa shape index (κ2) is 7.46. The second-order valence-corrected chi connectivity index (χ2v) is 7.79. The van der Waals surface area contributed by atoms with Gasteiger partial charge in [-0.25, -0.2) is 4.79 Å². The van der Waals surface area contributed by atoms with Crippen molar-refractivity contribution in [3.05, 3.63) is 69.6 Å². The molecule has 3 aromatic rings. The Hall–Kier alpha value is -2.39. The largest absolute Gasteiger partial charge is 0.477 e. The predicted molar refractivity (Wildman–Crippen MR) is 110 cm³/mol. The van der Waals surface area contributed by atoms with Crippen molar-refractivity contribution < 1.29 is 9.90 Å². The molecule has 134 valence electrons. The molecule has 0 saturated heterocycles. The minimum atomic E-state index is -0.864. The van der Waals surface area contributed by atoms with E-state index in [4.69, 9.17) is 0 Å². The van der Waals surface area contributed by atoms with Crippen LogP contribution in [0.15, 0.2) is 42.5 Å². The normalized spacial score (nSPS) is 10.9. The van der Waals surface area contributed by atoms with E-state index in [1.165, 1.54) is 44.7 Å². The highest BCUT2D eigenvalue weighted by molar-refractivity contribution is 7.17. The zero-order chi connectivity index (χ0) is 18.8. The molecule has 2 nitrogen and oxygen atoms in total. The van der Waals surface area contributed by atoms with Crippen molar-refractivity contribution in [2.45, 2.75) is 40.5 Å². The van der Waals surface area contributed by atoms with Gasteiger partial charge in [0.15, 0.2) is 0 Å². The summed E-state index contributed by atoms with van der Waals surface area (Å²) in [5.74, 6) is -0.864. The van der Waals surface area contributed by atoms with Gasteiger partial charge in [-0.05, 0) is 84.3 Å². The van der Waals surface area contributed by atoms with Crippen LogP contribution in [0.2, 0.25) is 0 Å². The minimum absolute atomic E-state index is 0.381. The molecular weight excluding hydrogens is 340 g/mol. The van der Waals surface area contributed by atoms with Gasteiger partial charge in [-0.2, -0.15) is 0 Å². The molecule has 0 radical (unpaired) electrons. The molecule has 26 heavy (non-hydrogen) atoms. The van der Waals surface area contributed by atoms with Crippen molar-refractivity contribution in [3.8, 4) is 21.6 Å². The van der Waals surface area contributed by atoms with E-state index in [2.05, 4.69) is 58.0 Å². The number of rotatable bonds is 5. The summed E-state index contributed by atoms with van der Waals surface area (Å²) in [5, 5.41) is 9.18. The lowest BCUT2D eigenvalue weighted by Crippen LogP contribution is -1.95. The molecule has 2 aromatic carbocycles. The Kier molecular flexibility index (Phi) is 5.28. The number of hydrogen-bond acceptors (Lipinski definition) is 2. The topological polar surface area (TPSA) is 37.3 Å². The average Bonchev–Trinajstić information content (AvgIpc) is 3.10. The molecule has 0 aliphatic rings. The van der Waals surface area contributed by atoms with Crippen LogP contribution in [0, 0.1) is 13.8 Å². The lowest BCUT2D eigenvalue weighted by atomic mass is 9.89. The van der Waals surface area contributed by atoms with Crippen molar-refractivity contribution in [1.29, 1.82) is 0 Å². The van der Waals surface area contributed by atoms with Gasteiger partial charge in [-0.15, -0.1) is 11.3 Å². The standard InChI is InChI=1S/C23H24O2S/c1-5-16-9-14(3)10-19(12-16)22-15(4)11-18(13-17(22)6-2)20-7-8-21(26-20)23(24)25/h7-13H,5-6H2,1-4H3,(H,24,25). The SMILES string of the molecule is CCc1cc(C)cc(-c2c(C)cc(-c3ccc(C(=O)O)s3)cc2CC)c1. The molecule has 0 saturated carbocycles. The third-order valence-electron chi connectivity index (χ3n) is 4.73. The quantitative estimate of drug-likeness (QED) is 0.559. The number of carbonyl (C=O) groups is 1. The third-order valence-corrected chi connectivity index (χ3v) is 5.86. The van der Waals surface area contributed by atoms with E-state index in [-0.39, 0.29) is 0 Å². The fraction of sp³-hybridized carbons (Fsp3) is 0.261. The Labute approximate surface area is 159 Å². The molecule has 1 aromatic heterocycles. The maximum absolute atomic E-state index is 11.2. The van der Waals surface area contributed by atoms with Gasteiger partial charge in [0.2, 0.25) is 0 Å². The molecular formula is C23H24O2S. The fourth-order valence-electron chi connectivity index (χ4n) is 3.51. The molecule has 0 fully saturated rings. The first-order chi connectivity index (χ1) is 12.4. The van der Waals surface area contributed by atoms with E-state index < -0.39 is 5.97 Å². The molecule has 0 spiro atoms. The summed E-state index contributed by atoms with van der Waals surface area (Å²) in [5.41, 5.74) is 8.87. The summed E-state index contributed by atoms with van der Waals surface area (Å²) in [6, 6.07) is 14.8. The summed E-state index contributed by atoms with van der Waals surface area (Å²) >= 11 is 1.33. The Balaban J connectivity index is 2.13. The van der Waals surface area contributed by atoms with Crippen LogP contribution in [0.4, 0.5) is 0 Å². The molecule has 3 rings (SSSR count). The molecule has 1 heterocycles. The summed E-state index contributed by atoms with van der Waals surface area (Å²) in [4.78, 5) is 12.6. The summed E-state index contributed by atoms with van der Waals surface area (Å²) in [7, 11) is 0. The number of aromatic carboxylic acids is 1. The van der Waals surface area contributed by atoms with E-state index in [0.717, 1.165) is 23.3 Å². The molecule has 0 aliphatic heterocycles. The van der Waals surface area contributed by atoms with Crippen molar-refractivity contribution in [3.63, 3.8) is 0 Å². The van der Waals surface area contributed by atoms with Crippen LogP contribution in [0.3, 0.4) is 0 Å². The maximum Gasteiger partial charge on any atom is 0.345 e. The molecule has 0 atom stereocenters. The van der Waals surface area contributed by atoms with Gasteiger partial charge in [0.1, 0.15) is 4.88 Å². The maximum atomic E-state index is 11.2. The van der Waals surface area contributed by atoms with Gasteiger partial charge >= 0.3 is 5.97 Å². The van der Waals surface area contributed by atoms with E-state index in [0.29, 0.717) is 4.88 Å². The predicted octanol–water partition coefficient (Wildman–Crippen LogP) is 6.52. The minimum Gasteiger partial charge on any atom is -0.477 e. The molecule has 1 N–H and O–H groups in total. The van der Waals surface area contributed by atoms with Crippen LogP contribution in [0.5, 0.6) is 0 Å². The smallest absolute Gasteiger partial charge is 0.345 e. The molecule has 3 heteroatoms. The van der Waals surface area contributed by atoms with Crippen molar-refractivity contribution in [1.82, 2.24) is 0 Å².